The van der Waals surface area contributed by atoms with Crippen molar-refractivity contribution in [3.8, 4) is 0 Å². The van der Waals surface area contributed by atoms with Gasteiger partial charge < -0.3 is 10.2 Å². The summed E-state index contributed by atoms with van der Waals surface area (Å²) in [6, 6.07) is 1.41. The summed E-state index contributed by atoms with van der Waals surface area (Å²) in [6.07, 6.45) is 15.0. The Hall–Kier alpha value is -1.20. The average Bonchev–Trinajstić information content (AvgIpc) is 3.24. The largest absolute Gasteiger partial charge is 0.367 e. The van der Waals surface area contributed by atoms with E-state index >= 15 is 0 Å². The number of fused-ring (bicyclic) bond motifs is 3. The number of hydrogen-bond acceptors (Lipinski definition) is 5. The molecule has 0 spiro atoms. The van der Waals surface area contributed by atoms with Crippen LogP contribution in [0.15, 0.2) is 6.33 Å². The van der Waals surface area contributed by atoms with Crippen molar-refractivity contribution in [1.29, 1.82) is 0 Å². The minimum atomic E-state index is 0.580. The molecule has 134 valence electrons. The first-order valence-corrected chi connectivity index (χ1v) is 11.0. The van der Waals surface area contributed by atoms with Gasteiger partial charge in [-0.2, -0.15) is 0 Å². The zero-order valence-corrected chi connectivity index (χ0v) is 15.8. The fraction of sp³-hybridized carbons (Fsp3) is 0.700. The van der Waals surface area contributed by atoms with Crippen molar-refractivity contribution in [1.82, 2.24) is 14.9 Å². The van der Waals surface area contributed by atoms with Crippen LogP contribution in [0.25, 0.3) is 10.2 Å². The van der Waals surface area contributed by atoms with E-state index in [1.807, 2.05) is 11.3 Å². The van der Waals surface area contributed by atoms with E-state index in [1.54, 1.807) is 11.2 Å². The Bertz CT molecular complexity index is 741. The number of nitrogens with one attached hydrogen (secondary N) is 1. The van der Waals surface area contributed by atoms with Gasteiger partial charge in [0.15, 0.2) is 0 Å². The van der Waals surface area contributed by atoms with E-state index in [9.17, 15) is 0 Å². The molecule has 0 aromatic carbocycles. The molecule has 2 aromatic heterocycles. The lowest BCUT2D eigenvalue weighted by Gasteiger charge is -2.39. The lowest BCUT2D eigenvalue weighted by Crippen LogP contribution is -2.43. The molecule has 2 fully saturated rings. The van der Waals surface area contributed by atoms with Crippen LogP contribution in [-0.4, -0.2) is 40.0 Å². The van der Waals surface area contributed by atoms with Crippen molar-refractivity contribution in [2.24, 2.45) is 0 Å². The predicted molar refractivity (Wildman–Crippen MR) is 105 cm³/mol. The Morgan fingerprint density at radius 2 is 1.80 bits per heavy atom. The van der Waals surface area contributed by atoms with Gasteiger partial charge in [0.25, 0.3) is 0 Å². The summed E-state index contributed by atoms with van der Waals surface area (Å²) >= 11 is 1.88. The van der Waals surface area contributed by atoms with Gasteiger partial charge in [-0.05, 0) is 76.4 Å². The molecule has 3 aliphatic rings. The summed E-state index contributed by atoms with van der Waals surface area (Å²) in [4.78, 5) is 14.7. The first-order valence-electron chi connectivity index (χ1n) is 10.1. The van der Waals surface area contributed by atoms with E-state index < -0.39 is 0 Å². The van der Waals surface area contributed by atoms with E-state index in [2.05, 4.69) is 20.2 Å². The summed E-state index contributed by atoms with van der Waals surface area (Å²) in [7, 11) is 0. The molecule has 0 amide bonds. The van der Waals surface area contributed by atoms with E-state index in [0.29, 0.717) is 6.04 Å². The second-order valence-electron chi connectivity index (χ2n) is 8.01. The van der Waals surface area contributed by atoms with Crippen molar-refractivity contribution >= 4 is 27.4 Å². The molecule has 1 N–H and O–H groups in total. The molecule has 0 atom stereocenters. The summed E-state index contributed by atoms with van der Waals surface area (Å²) in [5.41, 5.74) is 1.53. The number of likely N-dealkylation sites (tertiary alicyclic amines) is 1. The maximum absolute atomic E-state index is 4.63. The van der Waals surface area contributed by atoms with Crippen molar-refractivity contribution in [2.75, 3.05) is 18.4 Å². The molecular formula is C20H28N4S. The lowest BCUT2D eigenvalue weighted by atomic mass is 9.89. The molecule has 0 radical (unpaired) electrons. The van der Waals surface area contributed by atoms with Crippen molar-refractivity contribution < 1.29 is 0 Å². The molecule has 4 nitrogen and oxygen atoms in total. The van der Waals surface area contributed by atoms with Gasteiger partial charge in [0.05, 0.1) is 5.39 Å². The van der Waals surface area contributed by atoms with Crippen LogP contribution in [0.2, 0.25) is 0 Å². The van der Waals surface area contributed by atoms with Gasteiger partial charge in [0, 0.05) is 17.0 Å². The number of rotatable bonds is 3. The monoisotopic (exact) mass is 356 g/mol. The van der Waals surface area contributed by atoms with E-state index in [4.69, 9.17) is 0 Å². The van der Waals surface area contributed by atoms with Crippen molar-refractivity contribution in [3.63, 3.8) is 0 Å². The number of nitrogens with zero attached hydrogens (tertiary/aromatic N) is 3. The van der Waals surface area contributed by atoms with Crippen LogP contribution in [0.4, 0.5) is 5.82 Å². The molecular weight excluding hydrogens is 328 g/mol. The highest BCUT2D eigenvalue weighted by molar-refractivity contribution is 7.19. The number of thiophene rings is 1. The van der Waals surface area contributed by atoms with E-state index in [-0.39, 0.29) is 0 Å². The maximum atomic E-state index is 4.63. The first-order chi connectivity index (χ1) is 12.4. The van der Waals surface area contributed by atoms with E-state index in [0.717, 1.165) is 11.9 Å². The SMILES string of the molecule is c1nc(N[C@H]2CC[C@H](N3CCCCC3)CC2)c2c3c(sc2n1)CCC3. The van der Waals surface area contributed by atoms with Crippen LogP contribution in [0.3, 0.4) is 0 Å². The highest BCUT2D eigenvalue weighted by atomic mass is 32.1. The number of piperidine rings is 1. The fourth-order valence-corrected chi connectivity index (χ4v) is 6.33. The van der Waals surface area contributed by atoms with Crippen LogP contribution in [0.5, 0.6) is 0 Å². The van der Waals surface area contributed by atoms with Gasteiger partial charge in [0.2, 0.25) is 0 Å². The quantitative estimate of drug-likeness (QED) is 0.885. The summed E-state index contributed by atoms with van der Waals surface area (Å²) in [5.74, 6) is 1.10. The first kappa shape index (κ1) is 16.0. The number of hydrogen-bond donors (Lipinski definition) is 1. The molecule has 2 aromatic rings. The van der Waals surface area contributed by atoms with Crippen molar-refractivity contribution in [2.45, 2.75) is 76.3 Å². The standard InChI is InChI=1S/C20H28N4S/c1-2-11-24(12-3-1)15-9-7-14(8-10-15)23-19-18-16-5-4-6-17(16)25-20(18)22-13-21-19/h13-15H,1-12H2,(H,21,22,23)/t14-,15-. The molecule has 1 aliphatic heterocycles. The van der Waals surface area contributed by atoms with Crippen LogP contribution < -0.4 is 5.32 Å². The Balaban J connectivity index is 1.28. The summed E-state index contributed by atoms with van der Waals surface area (Å²) in [6.45, 7) is 2.66. The maximum Gasteiger partial charge on any atom is 0.138 e. The number of aryl methyl sites for hydroxylation is 2. The average molecular weight is 357 g/mol. The predicted octanol–water partition coefficient (Wildman–Crippen LogP) is 4.39. The molecule has 0 unspecified atom stereocenters. The zero-order valence-electron chi connectivity index (χ0n) is 15.0. The van der Waals surface area contributed by atoms with E-state index in [1.165, 1.54) is 93.1 Å². The highest BCUT2D eigenvalue weighted by Crippen LogP contribution is 2.39. The smallest absolute Gasteiger partial charge is 0.138 e. The van der Waals surface area contributed by atoms with Crippen molar-refractivity contribution in [3.05, 3.63) is 16.8 Å². The summed E-state index contributed by atoms with van der Waals surface area (Å²) in [5, 5.41) is 5.13. The van der Waals surface area contributed by atoms with Crippen LogP contribution in [0, 0.1) is 0 Å². The molecule has 5 heteroatoms. The van der Waals surface area contributed by atoms with Crippen LogP contribution in [-0.2, 0) is 12.8 Å². The molecule has 1 saturated carbocycles. The number of anilines is 1. The topological polar surface area (TPSA) is 41.1 Å². The third-order valence-electron chi connectivity index (χ3n) is 6.45. The Morgan fingerprint density at radius 3 is 2.64 bits per heavy atom. The molecule has 3 heterocycles. The normalized spacial score (nSPS) is 27.5. The highest BCUT2D eigenvalue weighted by Gasteiger charge is 2.28. The third-order valence-corrected chi connectivity index (χ3v) is 7.65. The van der Waals surface area contributed by atoms with Gasteiger partial charge in [-0.25, -0.2) is 9.97 Å². The van der Waals surface area contributed by atoms with Gasteiger partial charge in [-0.15, -0.1) is 11.3 Å². The van der Waals surface area contributed by atoms with Gasteiger partial charge in [0.1, 0.15) is 17.0 Å². The fourth-order valence-electron chi connectivity index (χ4n) is 5.10. The lowest BCUT2D eigenvalue weighted by molar-refractivity contribution is 0.127. The number of aromatic nitrogens is 2. The Kier molecular flexibility index (Phi) is 4.38. The zero-order chi connectivity index (χ0) is 16.6. The third kappa shape index (κ3) is 3.06. The van der Waals surface area contributed by atoms with Crippen LogP contribution in [0.1, 0.15) is 61.8 Å². The van der Waals surface area contributed by atoms with Gasteiger partial charge in [-0.1, -0.05) is 6.42 Å². The molecule has 2 aliphatic carbocycles. The minimum Gasteiger partial charge on any atom is -0.367 e. The Labute approximate surface area is 154 Å². The van der Waals surface area contributed by atoms with Crippen LogP contribution >= 0.6 is 11.3 Å². The summed E-state index contributed by atoms with van der Waals surface area (Å²) < 4.78 is 0. The molecule has 0 bridgehead atoms. The van der Waals surface area contributed by atoms with Gasteiger partial charge in [-0.3, -0.25) is 0 Å². The second kappa shape index (κ2) is 6.84. The molecule has 5 rings (SSSR count). The second-order valence-corrected chi connectivity index (χ2v) is 9.09. The minimum absolute atomic E-state index is 0.580. The molecule has 25 heavy (non-hydrogen) atoms. The van der Waals surface area contributed by atoms with Gasteiger partial charge >= 0.3 is 0 Å². The Morgan fingerprint density at radius 1 is 0.960 bits per heavy atom. The molecule has 1 saturated heterocycles.